The normalized spacial score (nSPS) is 17.3. The Kier molecular flexibility index (Phi) is 2.43. The average Bonchev–Trinajstić information content (AvgIpc) is 2.63. The number of benzene rings is 2. The van der Waals surface area contributed by atoms with E-state index in [4.69, 9.17) is 0 Å². The first-order valence-corrected chi connectivity index (χ1v) is 8.38. The third kappa shape index (κ3) is 1.62. The van der Waals surface area contributed by atoms with Crippen molar-refractivity contribution in [2.45, 2.75) is 14.7 Å². The highest BCUT2D eigenvalue weighted by Gasteiger charge is 2.26. The fourth-order valence-electron chi connectivity index (χ4n) is 2.08. The molecule has 1 heterocycles. The number of hydrogen-bond acceptors (Lipinski definition) is 3. The SMILES string of the molecule is CS(=O)(=O)c1ccc2c(c1)-c1ccccc1S2=O. The van der Waals surface area contributed by atoms with E-state index in [1.807, 2.05) is 24.3 Å². The van der Waals surface area contributed by atoms with Crippen molar-refractivity contribution in [1.29, 1.82) is 0 Å². The molecule has 2 aromatic rings. The summed E-state index contributed by atoms with van der Waals surface area (Å²) in [6.45, 7) is 0. The molecule has 1 aliphatic heterocycles. The Bertz CT molecular complexity index is 777. The average molecular weight is 278 g/mol. The van der Waals surface area contributed by atoms with Crippen molar-refractivity contribution in [1.82, 2.24) is 0 Å². The molecule has 0 saturated carbocycles. The molecule has 0 N–H and O–H groups in total. The molecule has 18 heavy (non-hydrogen) atoms. The summed E-state index contributed by atoms with van der Waals surface area (Å²) < 4.78 is 35.3. The quantitative estimate of drug-likeness (QED) is 0.686. The van der Waals surface area contributed by atoms with Gasteiger partial charge in [0.2, 0.25) is 0 Å². The van der Waals surface area contributed by atoms with Crippen molar-refractivity contribution in [2.75, 3.05) is 6.26 Å². The Balaban J connectivity index is 2.33. The monoisotopic (exact) mass is 278 g/mol. The van der Waals surface area contributed by atoms with Crippen LogP contribution < -0.4 is 0 Å². The molecule has 1 aliphatic rings. The highest BCUT2D eigenvalue weighted by atomic mass is 32.2. The molecular formula is C13H10O3S2. The Morgan fingerprint density at radius 3 is 2.33 bits per heavy atom. The summed E-state index contributed by atoms with van der Waals surface area (Å²) in [4.78, 5) is 1.69. The minimum atomic E-state index is -3.24. The zero-order chi connectivity index (χ0) is 12.9. The van der Waals surface area contributed by atoms with Gasteiger partial charge < -0.3 is 0 Å². The van der Waals surface area contributed by atoms with E-state index in [9.17, 15) is 12.6 Å². The second kappa shape index (κ2) is 3.76. The molecule has 0 aromatic heterocycles. The van der Waals surface area contributed by atoms with E-state index in [2.05, 4.69) is 0 Å². The molecule has 3 rings (SSSR count). The smallest absolute Gasteiger partial charge is 0.175 e. The highest BCUT2D eigenvalue weighted by molar-refractivity contribution is 7.90. The van der Waals surface area contributed by atoms with Gasteiger partial charge in [0.25, 0.3) is 0 Å². The van der Waals surface area contributed by atoms with Crippen molar-refractivity contribution >= 4 is 20.6 Å². The van der Waals surface area contributed by atoms with Crippen LogP contribution in [-0.2, 0) is 20.6 Å². The summed E-state index contributed by atoms with van der Waals surface area (Å²) in [5.41, 5.74) is 1.61. The highest BCUT2D eigenvalue weighted by Crippen LogP contribution is 2.41. The Morgan fingerprint density at radius 2 is 1.61 bits per heavy atom. The van der Waals surface area contributed by atoms with E-state index >= 15 is 0 Å². The van der Waals surface area contributed by atoms with Crippen LogP contribution in [-0.4, -0.2) is 18.9 Å². The molecule has 0 fully saturated rings. The lowest BCUT2D eigenvalue weighted by Gasteiger charge is -2.02. The van der Waals surface area contributed by atoms with Crippen molar-refractivity contribution in [3.05, 3.63) is 42.5 Å². The third-order valence-electron chi connectivity index (χ3n) is 2.96. The molecule has 0 radical (unpaired) electrons. The van der Waals surface area contributed by atoms with Crippen LogP contribution in [0.3, 0.4) is 0 Å². The van der Waals surface area contributed by atoms with Crippen LogP contribution in [0.25, 0.3) is 11.1 Å². The van der Waals surface area contributed by atoms with Crippen molar-refractivity contribution in [3.63, 3.8) is 0 Å². The lowest BCUT2D eigenvalue weighted by molar-refractivity contribution is 0.602. The van der Waals surface area contributed by atoms with Gasteiger partial charge in [-0.3, -0.25) is 0 Å². The second-order valence-corrected chi connectivity index (χ2v) is 7.63. The first-order valence-electron chi connectivity index (χ1n) is 5.34. The van der Waals surface area contributed by atoms with Gasteiger partial charge in [-0.1, -0.05) is 18.2 Å². The van der Waals surface area contributed by atoms with Gasteiger partial charge in [0.05, 0.1) is 25.5 Å². The van der Waals surface area contributed by atoms with Crippen molar-refractivity contribution < 1.29 is 12.6 Å². The van der Waals surface area contributed by atoms with Gasteiger partial charge in [-0.2, -0.15) is 0 Å². The maximum Gasteiger partial charge on any atom is 0.175 e. The third-order valence-corrected chi connectivity index (χ3v) is 5.58. The van der Waals surface area contributed by atoms with E-state index in [0.717, 1.165) is 16.0 Å². The number of hydrogen-bond donors (Lipinski definition) is 0. The van der Waals surface area contributed by atoms with Crippen LogP contribution in [0.15, 0.2) is 57.2 Å². The van der Waals surface area contributed by atoms with Gasteiger partial charge in [-0.25, -0.2) is 12.6 Å². The van der Waals surface area contributed by atoms with E-state index in [1.54, 1.807) is 12.1 Å². The van der Waals surface area contributed by atoms with Crippen LogP contribution in [0.5, 0.6) is 0 Å². The molecule has 1 unspecified atom stereocenters. The van der Waals surface area contributed by atoms with Crippen molar-refractivity contribution in [2.24, 2.45) is 0 Å². The second-order valence-electron chi connectivity index (χ2n) is 4.20. The van der Waals surface area contributed by atoms with Gasteiger partial charge >= 0.3 is 0 Å². The predicted octanol–water partition coefficient (Wildman–Crippen LogP) is 2.24. The summed E-state index contributed by atoms with van der Waals surface area (Å²) in [5, 5.41) is 0. The summed E-state index contributed by atoms with van der Waals surface area (Å²) >= 11 is 0. The molecule has 2 aromatic carbocycles. The zero-order valence-electron chi connectivity index (χ0n) is 9.58. The summed E-state index contributed by atoms with van der Waals surface area (Å²) in [7, 11) is -4.45. The van der Waals surface area contributed by atoms with Crippen LogP contribution >= 0.6 is 0 Å². The summed E-state index contributed by atoms with van der Waals surface area (Å²) in [6.07, 6.45) is 1.17. The molecular weight excluding hydrogens is 268 g/mol. The molecule has 5 heteroatoms. The summed E-state index contributed by atoms with van der Waals surface area (Å²) in [5.74, 6) is 0. The Labute approximate surface area is 108 Å². The van der Waals surface area contributed by atoms with Crippen LogP contribution in [0.2, 0.25) is 0 Å². The number of rotatable bonds is 1. The van der Waals surface area contributed by atoms with E-state index in [-0.39, 0.29) is 4.90 Å². The maximum atomic E-state index is 12.2. The number of sulfone groups is 1. The number of fused-ring (bicyclic) bond motifs is 3. The lowest BCUT2D eigenvalue weighted by atomic mass is 10.1. The van der Waals surface area contributed by atoms with Gasteiger partial charge in [0, 0.05) is 11.8 Å². The van der Waals surface area contributed by atoms with E-state index in [1.165, 1.54) is 12.3 Å². The predicted molar refractivity (Wildman–Crippen MR) is 69.7 cm³/mol. The first kappa shape index (κ1) is 11.6. The maximum absolute atomic E-state index is 12.2. The molecule has 0 aliphatic carbocycles. The minimum Gasteiger partial charge on any atom is -0.249 e. The van der Waals surface area contributed by atoms with E-state index < -0.39 is 20.6 Å². The lowest BCUT2D eigenvalue weighted by Crippen LogP contribution is -1.97. The van der Waals surface area contributed by atoms with Crippen LogP contribution in [0, 0.1) is 0 Å². The van der Waals surface area contributed by atoms with Crippen LogP contribution in [0.1, 0.15) is 0 Å². The largest absolute Gasteiger partial charge is 0.249 e. The molecule has 0 spiro atoms. The van der Waals surface area contributed by atoms with Gasteiger partial charge in [0.15, 0.2) is 9.84 Å². The van der Waals surface area contributed by atoms with Gasteiger partial charge in [0.1, 0.15) is 0 Å². The minimum absolute atomic E-state index is 0.259. The summed E-state index contributed by atoms with van der Waals surface area (Å²) in [6, 6.07) is 12.1. The Morgan fingerprint density at radius 1 is 0.944 bits per heavy atom. The molecule has 0 saturated heterocycles. The molecule has 3 nitrogen and oxygen atoms in total. The van der Waals surface area contributed by atoms with Gasteiger partial charge in [-0.15, -0.1) is 0 Å². The molecule has 92 valence electrons. The fourth-order valence-corrected chi connectivity index (χ4v) is 4.11. The molecule has 0 bridgehead atoms. The van der Waals surface area contributed by atoms with Crippen molar-refractivity contribution in [3.8, 4) is 11.1 Å². The first-order chi connectivity index (χ1) is 8.48. The molecule has 0 amide bonds. The topological polar surface area (TPSA) is 51.2 Å². The molecule has 1 atom stereocenters. The Hall–Kier alpha value is -1.46. The van der Waals surface area contributed by atoms with Crippen LogP contribution in [0.4, 0.5) is 0 Å². The zero-order valence-corrected chi connectivity index (χ0v) is 11.2. The van der Waals surface area contributed by atoms with E-state index in [0.29, 0.717) is 4.90 Å². The fraction of sp³-hybridized carbons (Fsp3) is 0.0769. The van der Waals surface area contributed by atoms with Gasteiger partial charge in [-0.05, 0) is 29.8 Å². The standard InChI is InChI=1S/C13H10O3S2/c1-18(15,16)9-6-7-13-11(8-9)10-4-2-3-5-12(10)17(13)14/h2-8H,1H3.